The third-order valence-corrected chi connectivity index (χ3v) is 3.59. The molecule has 0 heterocycles. The standard InChI is InChI=1S/C17H23NO3/c1-17(2,3)21-16(20)18-15(12-7-5-4-6-8-12)13-9-10-14(19)11-13/h4-8,13,15H,9-11H2,1-3H3,(H,18,20)/t13-,15-/m1/s1. The lowest BCUT2D eigenvalue weighted by Crippen LogP contribution is -2.37. The third-order valence-electron chi connectivity index (χ3n) is 3.59. The second-order valence-electron chi connectivity index (χ2n) is 6.58. The monoisotopic (exact) mass is 289 g/mol. The van der Waals surface area contributed by atoms with Gasteiger partial charge in [-0.15, -0.1) is 0 Å². The summed E-state index contributed by atoms with van der Waals surface area (Å²) in [6.07, 6.45) is 1.50. The minimum Gasteiger partial charge on any atom is -0.444 e. The number of ketones is 1. The van der Waals surface area contributed by atoms with E-state index in [9.17, 15) is 9.59 Å². The quantitative estimate of drug-likeness (QED) is 0.924. The van der Waals surface area contributed by atoms with Gasteiger partial charge in [0.25, 0.3) is 0 Å². The fourth-order valence-electron chi connectivity index (χ4n) is 2.70. The predicted molar refractivity (Wildman–Crippen MR) is 80.9 cm³/mol. The Bertz CT molecular complexity index is 505. The lowest BCUT2D eigenvalue weighted by molar-refractivity contribution is -0.117. The molecule has 1 fully saturated rings. The SMILES string of the molecule is CC(C)(C)OC(=O)N[C@H](c1ccccc1)[C@@H]1CCC(=O)C1. The molecular weight excluding hydrogens is 266 g/mol. The van der Waals surface area contributed by atoms with Gasteiger partial charge in [0.05, 0.1) is 6.04 Å². The zero-order chi connectivity index (χ0) is 15.5. The van der Waals surface area contributed by atoms with Crippen molar-refractivity contribution in [2.45, 2.75) is 51.7 Å². The molecule has 1 aliphatic rings. The Morgan fingerprint density at radius 3 is 2.48 bits per heavy atom. The molecule has 0 radical (unpaired) electrons. The molecule has 114 valence electrons. The Morgan fingerprint density at radius 1 is 1.29 bits per heavy atom. The molecule has 2 atom stereocenters. The van der Waals surface area contributed by atoms with Crippen molar-refractivity contribution in [2.24, 2.45) is 5.92 Å². The maximum Gasteiger partial charge on any atom is 0.408 e. The molecule has 2 rings (SSSR count). The second-order valence-corrected chi connectivity index (χ2v) is 6.58. The summed E-state index contributed by atoms with van der Waals surface area (Å²) in [6, 6.07) is 9.60. The number of hydrogen-bond donors (Lipinski definition) is 1. The molecule has 1 aromatic carbocycles. The highest BCUT2D eigenvalue weighted by molar-refractivity contribution is 5.81. The third kappa shape index (κ3) is 4.59. The van der Waals surface area contributed by atoms with Crippen molar-refractivity contribution >= 4 is 11.9 Å². The summed E-state index contributed by atoms with van der Waals surface area (Å²) in [5.74, 6) is 0.416. The number of carbonyl (C=O) groups is 2. The van der Waals surface area contributed by atoms with E-state index in [0.717, 1.165) is 12.0 Å². The molecule has 0 bridgehead atoms. The maximum absolute atomic E-state index is 12.1. The number of rotatable bonds is 3. The van der Waals surface area contributed by atoms with Crippen molar-refractivity contribution in [1.82, 2.24) is 5.32 Å². The molecule has 1 N–H and O–H groups in total. The van der Waals surface area contributed by atoms with Crippen LogP contribution in [0.5, 0.6) is 0 Å². The molecule has 0 unspecified atom stereocenters. The first kappa shape index (κ1) is 15.5. The van der Waals surface area contributed by atoms with Crippen LogP contribution in [0.25, 0.3) is 0 Å². The number of carbonyl (C=O) groups excluding carboxylic acids is 2. The van der Waals surface area contributed by atoms with Crippen LogP contribution < -0.4 is 5.32 Å². The van der Waals surface area contributed by atoms with Crippen LogP contribution >= 0.6 is 0 Å². The largest absolute Gasteiger partial charge is 0.444 e. The molecule has 0 aromatic heterocycles. The van der Waals surface area contributed by atoms with Gasteiger partial charge in [0.1, 0.15) is 11.4 Å². The average molecular weight is 289 g/mol. The molecule has 1 saturated carbocycles. The van der Waals surface area contributed by atoms with Gasteiger partial charge >= 0.3 is 6.09 Å². The molecule has 4 nitrogen and oxygen atoms in total. The lowest BCUT2D eigenvalue weighted by Gasteiger charge is -2.27. The number of benzene rings is 1. The van der Waals surface area contributed by atoms with Crippen LogP contribution in [0, 0.1) is 5.92 Å². The summed E-state index contributed by atoms with van der Waals surface area (Å²) in [5, 5.41) is 2.94. The number of alkyl carbamates (subject to hydrolysis) is 1. The van der Waals surface area contributed by atoms with Gasteiger partial charge in [0.15, 0.2) is 0 Å². The van der Waals surface area contributed by atoms with Gasteiger partial charge < -0.3 is 10.1 Å². The van der Waals surface area contributed by atoms with Gasteiger partial charge in [0, 0.05) is 12.8 Å². The van der Waals surface area contributed by atoms with Crippen LogP contribution in [0.4, 0.5) is 4.79 Å². The van der Waals surface area contributed by atoms with Crippen LogP contribution in [-0.2, 0) is 9.53 Å². The molecule has 0 saturated heterocycles. The van der Waals surface area contributed by atoms with E-state index >= 15 is 0 Å². The first-order valence-electron chi connectivity index (χ1n) is 7.41. The van der Waals surface area contributed by atoms with Crippen molar-refractivity contribution in [3.8, 4) is 0 Å². The minimum atomic E-state index is -0.531. The lowest BCUT2D eigenvalue weighted by atomic mass is 9.92. The number of nitrogens with one attached hydrogen (secondary N) is 1. The van der Waals surface area contributed by atoms with Crippen LogP contribution in [0.15, 0.2) is 30.3 Å². The van der Waals surface area contributed by atoms with E-state index in [-0.39, 0.29) is 17.7 Å². The summed E-state index contributed by atoms with van der Waals surface area (Å²) >= 11 is 0. The fraction of sp³-hybridized carbons (Fsp3) is 0.529. The Hall–Kier alpha value is -1.84. The number of ether oxygens (including phenoxy) is 1. The molecule has 0 spiro atoms. The van der Waals surface area contributed by atoms with Gasteiger partial charge in [-0.05, 0) is 38.7 Å². The van der Waals surface area contributed by atoms with E-state index in [0.29, 0.717) is 12.8 Å². The minimum absolute atomic E-state index is 0.146. The van der Waals surface area contributed by atoms with Crippen LogP contribution in [0.1, 0.15) is 51.6 Å². The summed E-state index contributed by atoms with van der Waals surface area (Å²) in [7, 11) is 0. The van der Waals surface area contributed by atoms with Gasteiger partial charge in [0.2, 0.25) is 0 Å². The first-order chi connectivity index (χ1) is 9.85. The number of hydrogen-bond acceptors (Lipinski definition) is 3. The van der Waals surface area contributed by atoms with Crippen LogP contribution in [0.3, 0.4) is 0 Å². The molecular formula is C17H23NO3. The highest BCUT2D eigenvalue weighted by atomic mass is 16.6. The van der Waals surface area contributed by atoms with Crippen molar-refractivity contribution in [2.75, 3.05) is 0 Å². The van der Waals surface area contributed by atoms with Crippen LogP contribution in [0.2, 0.25) is 0 Å². The fourth-order valence-corrected chi connectivity index (χ4v) is 2.70. The molecule has 0 aliphatic heterocycles. The van der Waals surface area contributed by atoms with E-state index in [1.165, 1.54) is 0 Å². The maximum atomic E-state index is 12.1. The Labute approximate surface area is 125 Å². The van der Waals surface area contributed by atoms with Gasteiger partial charge in [-0.2, -0.15) is 0 Å². The van der Waals surface area contributed by atoms with Crippen molar-refractivity contribution in [1.29, 1.82) is 0 Å². The van der Waals surface area contributed by atoms with Gasteiger partial charge in [-0.3, -0.25) is 4.79 Å². The topological polar surface area (TPSA) is 55.4 Å². The zero-order valence-electron chi connectivity index (χ0n) is 12.9. The smallest absolute Gasteiger partial charge is 0.408 e. The molecule has 1 aromatic rings. The Balaban J connectivity index is 2.13. The number of Topliss-reactive ketones (excluding diaryl/α,β-unsaturated/α-hetero) is 1. The van der Waals surface area contributed by atoms with E-state index < -0.39 is 11.7 Å². The highest BCUT2D eigenvalue weighted by Crippen LogP contribution is 2.34. The Kier molecular flexibility index (Phi) is 4.66. The first-order valence-corrected chi connectivity index (χ1v) is 7.41. The molecule has 4 heteroatoms. The molecule has 21 heavy (non-hydrogen) atoms. The summed E-state index contributed by atoms with van der Waals surface area (Å²) in [4.78, 5) is 23.6. The van der Waals surface area contributed by atoms with Crippen molar-refractivity contribution in [3.05, 3.63) is 35.9 Å². The normalized spacial score (nSPS) is 20.1. The van der Waals surface area contributed by atoms with E-state index in [4.69, 9.17) is 4.74 Å². The molecule has 1 amide bonds. The van der Waals surface area contributed by atoms with Crippen molar-refractivity contribution < 1.29 is 14.3 Å². The summed E-state index contributed by atoms with van der Waals surface area (Å²) in [5.41, 5.74) is 0.486. The average Bonchev–Trinajstić information content (AvgIpc) is 2.81. The number of amides is 1. The second kappa shape index (κ2) is 6.29. The van der Waals surface area contributed by atoms with E-state index in [1.807, 2.05) is 51.1 Å². The van der Waals surface area contributed by atoms with E-state index in [2.05, 4.69) is 5.32 Å². The van der Waals surface area contributed by atoms with E-state index in [1.54, 1.807) is 0 Å². The predicted octanol–water partition coefficient (Wildman–Crippen LogP) is 3.62. The molecule has 1 aliphatic carbocycles. The zero-order valence-corrected chi connectivity index (χ0v) is 12.9. The highest BCUT2D eigenvalue weighted by Gasteiger charge is 2.32. The van der Waals surface area contributed by atoms with Gasteiger partial charge in [-0.1, -0.05) is 30.3 Å². The van der Waals surface area contributed by atoms with Gasteiger partial charge in [-0.25, -0.2) is 4.79 Å². The summed E-state index contributed by atoms with van der Waals surface area (Å²) in [6.45, 7) is 5.51. The Morgan fingerprint density at radius 2 is 1.95 bits per heavy atom. The summed E-state index contributed by atoms with van der Waals surface area (Å²) < 4.78 is 5.34. The van der Waals surface area contributed by atoms with Crippen LogP contribution in [-0.4, -0.2) is 17.5 Å². The van der Waals surface area contributed by atoms with Crippen molar-refractivity contribution in [3.63, 3.8) is 0 Å².